The van der Waals surface area contributed by atoms with Gasteiger partial charge in [0.1, 0.15) is 0 Å². The first-order valence-electron chi connectivity index (χ1n) is 5.53. The van der Waals surface area contributed by atoms with Gasteiger partial charge in [0.2, 0.25) is 10.0 Å². The molecule has 0 aliphatic rings. The van der Waals surface area contributed by atoms with Crippen LogP contribution in [0.15, 0.2) is 24.3 Å². The summed E-state index contributed by atoms with van der Waals surface area (Å²) in [6, 6.07) is 6.48. The number of carbonyl (C=O) groups excluding carboxylic acids is 1. The second-order valence-electron chi connectivity index (χ2n) is 3.98. The zero-order valence-corrected chi connectivity index (χ0v) is 10.9. The number of Topliss-reactive ketones (excluding diaryl/α,β-unsaturated/α-hetero) is 1. The topological polar surface area (TPSA) is 63.2 Å². The predicted octanol–water partition coefficient (Wildman–Crippen LogP) is 2.43. The number of sulfonamides is 1. The summed E-state index contributed by atoms with van der Waals surface area (Å²) in [7, 11) is -3.26. The van der Waals surface area contributed by atoms with Gasteiger partial charge >= 0.3 is 0 Å². The first kappa shape index (κ1) is 13.7. The summed E-state index contributed by atoms with van der Waals surface area (Å²) in [5.74, 6) is 0.0951. The standard InChI is InChI=1S/C12H17NO3S/c1-3-4-5-12(14)10-6-8-11(9-7-10)13-17(2,15)16/h6-9,13H,3-5H2,1-2H3. The van der Waals surface area contributed by atoms with Crippen molar-refractivity contribution in [3.63, 3.8) is 0 Å². The van der Waals surface area contributed by atoms with E-state index in [2.05, 4.69) is 4.72 Å². The van der Waals surface area contributed by atoms with E-state index in [4.69, 9.17) is 0 Å². The number of nitrogens with one attached hydrogen (secondary N) is 1. The fourth-order valence-electron chi connectivity index (χ4n) is 1.42. The van der Waals surface area contributed by atoms with E-state index in [1.54, 1.807) is 24.3 Å². The van der Waals surface area contributed by atoms with Crippen molar-refractivity contribution in [2.45, 2.75) is 26.2 Å². The van der Waals surface area contributed by atoms with Gasteiger partial charge in [-0.05, 0) is 30.7 Å². The lowest BCUT2D eigenvalue weighted by Gasteiger charge is -2.05. The number of ketones is 1. The zero-order valence-electron chi connectivity index (χ0n) is 10.1. The molecule has 0 saturated carbocycles. The minimum Gasteiger partial charge on any atom is -0.294 e. The Morgan fingerprint density at radius 2 is 1.82 bits per heavy atom. The van der Waals surface area contributed by atoms with Crippen LogP contribution in [0, 0.1) is 0 Å². The van der Waals surface area contributed by atoms with Gasteiger partial charge < -0.3 is 0 Å². The molecular formula is C12H17NO3S. The van der Waals surface area contributed by atoms with Gasteiger partial charge in [-0.3, -0.25) is 9.52 Å². The molecule has 4 nitrogen and oxygen atoms in total. The molecule has 94 valence electrons. The van der Waals surface area contributed by atoms with Crippen LogP contribution in [-0.4, -0.2) is 20.5 Å². The van der Waals surface area contributed by atoms with Gasteiger partial charge in [0, 0.05) is 17.7 Å². The van der Waals surface area contributed by atoms with Crippen LogP contribution in [0.1, 0.15) is 36.5 Å². The van der Waals surface area contributed by atoms with E-state index in [-0.39, 0.29) is 5.78 Å². The number of unbranched alkanes of at least 4 members (excludes halogenated alkanes) is 1. The molecule has 0 atom stereocenters. The maximum Gasteiger partial charge on any atom is 0.229 e. The average molecular weight is 255 g/mol. The van der Waals surface area contributed by atoms with Gasteiger partial charge in [0.05, 0.1) is 6.26 Å². The molecule has 0 radical (unpaired) electrons. The van der Waals surface area contributed by atoms with Crippen LogP contribution in [0.25, 0.3) is 0 Å². The molecule has 0 bridgehead atoms. The van der Waals surface area contributed by atoms with Crippen molar-refractivity contribution < 1.29 is 13.2 Å². The van der Waals surface area contributed by atoms with Crippen molar-refractivity contribution in [3.05, 3.63) is 29.8 Å². The van der Waals surface area contributed by atoms with Crippen molar-refractivity contribution in [3.8, 4) is 0 Å². The van der Waals surface area contributed by atoms with E-state index in [0.29, 0.717) is 17.7 Å². The van der Waals surface area contributed by atoms with Crippen molar-refractivity contribution in [1.29, 1.82) is 0 Å². The third-order valence-electron chi connectivity index (χ3n) is 2.27. The molecule has 0 fully saturated rings. The fourth-order valence-corrected chi connectivity index (χ4v) is 1.98. The molecule has 5 heteroatoms. The highest BCUT2D eigenvalue weighted by Gasteiger charge is 2.06. The lowest BCUT2D eigenvalue weighted by molar-refractivity contribution is 0.0980. The first-order chi connectivity index (χ1) is 7.92. The second-order valence-corrected chi connectivity index (χ2v) is 5.73. The number of rotatable bonds is 6. The Bertz CT molecular complexity index is 477. The molecule has 1 aromatic rings. The normalized spacial score (nSPS) is 11.2. The minimum absolute atomic E-state index is 0.0951. The number of carbonyl (C=O) groups is 1. The van der Waals surface area contributed by atoms with E-state index >= 15 is 0 Å². The smallest absolute Gasteiger partial charge is 0.229 e. The maximum absolute atomic E-state index is 11.7. The van der Waals surface area contributed by atoms with E-state index in [1.165, 1.54) is 0 Å². The second kappa shape index (κ2) is 5.82. The number of hydrogen-bond acceptors (Lipinski definition) is 3. The molecule has 1 rings (SSSR count). The quantitative estimate of drug-likeness (QED) is 0.794. The van der Waals surface area contributed by atoms with E-state index in [9.17, 15) is 13.2 Å². The molecule has 0 aromatic heterocycles. The Morgan fingerprint density at radius 3 is 2.29 bits per heavy atom. The molecule has 1 aromatic carbocycles. The highest BCUT2D eigenvalue weighted by Crippen LogP contribution is 2.13. The van der Waals surface area contributed by atoms with Crippen LogP contribution >= 0.6 is 0 Å². The van der Waals surface area contributed by atoms with Crippen LogP contribution in [0.5, 0.6) is 0 Å². The van der Waals surface area contributed by atoms with Gasteiger partial charge in [0.25, 0.3) is 0 Å². The monoisotopic (exact) mass is 255 g/mol. The van der Waals surface area contributed by atoms with Gasteiger partial charge in [-0.2, -0.15) is 0 Å². The summed E-state index contributed by atoms with van der Waals surface area (Å²) >= 11 is 0. The molecule has 0 saturated heterocycles. The third-order valence-corrected chi connectivity index (χ3v) is 2.87. The van der Waals surface area contributed by atoms with E-state index in [1.807, 2.05) is 6.92 Å². The Balaban J connectivity index is 2.71. The molecule has 0 unspecified atom stereocenters. The van der Waals surface area contributed by atoms with Crippen LogP contribution in [0.4, 0.5) is 5.69 Å². The SMILES string of the molecule is CCCCC(=O)c1ccc(NS(C)(=O)=O)cc1. The minimum atomic E-state index is -3.26. The van der Waals surface area contributed by atoms with Crippen LogP contribution in [0.3, 0.4) is 0 Å². The Kier molecular flexibility index (Phi) is 4.69. The Labute approximate surface area is 102 Å². The highest BCUT2D eigenvalue weighted by molar-refractivity contribution is 7.92. The molecule has 1 N–H and O–H groups in total. The number of hydrogen-bond donors (Lipinski definition) is 1. The molecule has 17 heavy (non-hydrogen) atoms. The van der Waals surface area contributed by atoms with E-state index in [0.717, 1.165) is 19.1 Å². The van der Waals surface area contributed by atoms with Gasteiger partial charge in [0.15, 0.2) is 5.78 Å². The van der Waals surface area contributed by atoms with Crippen LogP contribution < -0.4 is 4.72 Å². The fraction of sp³-hybridized carbons (Fsp3) is 0.417. The van der Waals surface area contributed by atoms with Crippen molar-refractivity contribution in [1.82, 2.24) is 0 Å². The van der Waals surface area contributed by atoms with Crippen LogP contribution in [-0.2, 0) is 10.0 Å². The Hall–Kier alpha value is -1.36. The summed E-state index contributed by atoms with van der Waals surface area (Å²) in [4.78, 5) is 11.7. The molecule has 0 amide bonds. The maximum atomic E-state index is 11.7. The number of benzene rings is 1. The van der Waals surface area contributed by atoms with E-state index < -0.39 is 10.0 Å². The van der Waals surface area contributed by atoms with Crippen molar-refractivity contribution in [2.75, 3.05) is 11.0 Å². The van der Waals surface area contributed by atoms with Gasteiger partial charge in [-0.15, -0.1) is 0 Å². The lowest BCUT2D eigenvalue weighted by atomic mass is 10.1. The van der Waals surface area contributed by atoms with Crippen LogP contribution in [0.2, 0.25) is 0 Å². The van der Waals surface area contributed by atoms with Gasteiger partial charge in [-0.1, -0.05) is 13.3 Å². The largest absolute Gasteiger partial charge is 0.294 e. The summed E-state index contributed by atoms with van der Waals surface area (Å²) < 4.78 is 24.3. The van der Waals surface area contributed by atoms with Crippen molar-refractivity contribution >= 4 is 21.5 Å². The first-order valence-corrected chi connectivity index (χ1v) is 7.42. The van der Waals surface area contributed by atoms with Crippen molar-refractivity contribution in [2.24, 2.45) is 0 Å². The molecule has 0 heterocycles. The molecule has 0 aliphatic heterocycles. The highest BCUT2D eigenvalue weighted by atomic mass is 32.2. The Morgan fingerprint density at radius 1 is 1.24 bits per heavy atom. The molecular weight excluding hydrogens is 238 g/mol. The summed E-state index contributed by atoms with van der Waals surface area (Å²) in [6.07, 6.45) is 3.49. The molecule has 0 spiro atoms. The zero-order chi connectivity index (χ0) is 12.9. The molecule has 0 aliphatic carbocycles. The predicted molar refractivity (Wildman–Crippen MR) is 68.8 cm³/mol. The third kappa shape index (κ3) is 4.99. The summed E-state index contributed by atoms with van der Waals surface area (Å²) in [5.41, 5.74) is 1.09. The van der Waals surface area contributed by atoms with Gasteiger partial charge in [-0.25, -0.2) is 8.42 Å². The summed E-state index contributed by atoms with van der Waals surface area (Å²) in [5, 5.41) is 0. The lowest BCUT2D eigenvalue weighted by Crippen LogP contribution is -2.09. The average Bonchev–Trinajstić information content (AvgIpc) is 2.24. The summed E-state index contributed by atoms with van der Waals surface area (Å²) in [6.45, 7) is 2.03. The number of anilines is 1.